The fourth-order valence-corrected chi connectivity index (χ4v) is 2.01. The number of hydrogen-bond donors (Lipinski definition) is 1. The summed E-state index contributed by atoms with van der Waals surface area (Å²) in [5.41, 5.74) is 0. The lowest BCUT2D eigenvalue weighted by Gasteiger charge is -2.15. The Kier molecular flexibility index (Phi) is 3.49. The van der Waals surface area contributed by atoms with E-state index in [1.54, 1.807) is 26.0 Å². The highest BCUT2D eigenvalue weighted by atomic mass is 16.2. The molecule has 1 N–H and O–H groups in total. The summed E-state index contributed by atoms with van der Waals surface area (Å²) in [6.45, 7) is 0. The van der Waals surface area contributed by atoms with E-state index in [1.807, 2.05) is 0 Å². The molecule has 0 bridgehead atoms. The highest BCUT2D eigenvalue weighted by molar-refractivity contribution is 5.82. The lowest BCUT2D eigenvalue weighted by molar-refractivity contribution is -0.132. The van der Waals surface area contributed by atoms with Crippen LogP contribution in [0.25, 0.3) is 0 Å². The van der Waals surface area contributed by atoms with Crippen molar-refractivity contribution in [2.24, 2.45) is 11.8 Å². The van der Waals surface area contributed by atoms with Gasteiger partial charge in [-0.1, -0.05) is 0 Å². The van der Waals surface area contributed by atoms with Crippen LogP contribution in [0.3, 0.4) is 0 Å². The number of hydrogen-bond acceptors (Lipinski definition) is 2. The van der Waals surface area contributed by atoms with Gasteiger partial charge in [-0.05, 0) is 19.3 Å². The van der Waals surface area contributed by atoms with Crippen LogP contribution in [0, 0.1) is 11.8 Å². The molecule has 0 aromatic rings. The average molecular weight is 198 g/mol. The molecule has 4 nitrogen and oxygen atoms in total. The van der Waals surface area contributed by atoms with Crippen molar-refractivity contribution >= 4 is 11.8 Å². The normalized spacial score (nSPS) is 25.9. The molecule has 1 aliphatic carbocycles. The van der Waals surface area contributed by atoms with Gasteiger partial charge in [0.1, 0.15) is 0 Å². The second kappa shape index (κ2) is 4.44. The largest absolute Gasteiger partial charge is 0.359 e. The molecule has 80 valence electrons. The lowest BCUT2D eigenvalue weighted by atomic mass is 10.0. The van der Waals surface area contributed by atoms with E-state index in [0.29, 0.717) is 6.42 Å². The summed E-state index contributed by atoms with van der Waals surface area (Å²) in [5, 5.41) is 2.63. The van der Waals surface area contributed by atoms with Crippen LogP contribution in [0.4, 0.5) is 0 Å². The van der Waals surface area contributed by atoms with Gasteiger partial charge in [0.25, 0.3) is 0 Å². The third-order valence-electron chi connectivity index (χ3n) is 2.84. The summed E-state index contributed by atoms with van der Waals surface area (Å²) in [5.74, 6) is 0.302. The molecular weight excluding hydrogens is 180 g/mol. The summed E-state index contributed by atoms with van der Waals surface area (Å²) in [4.78, 5) is 24.5. The fourth-order valence-electron chi connectivity index (χ4n) is 2.01. The maximum absolute atomic E-state index is 11.6. The van der Waals surface area contributed by atoms with Crippen molar-refractivity contribution in [3.63, 3.8) is 0 Å². The first-order chi connectivity index (χ1) is 6.56. The van der Waals surface area contributed by atoms with Crippen LogP contribution < -0.4 is 5.32 Å². The van der Waals surface area contributed by atoms with Crippen LogP contribution >= 0.6 is 0 Å². The molecule has 1 aliphatic rings. The van der Waals surface area contributed by atoms with Gasteiger partial charge in [-0.25, -0.2) is 0 Å². The highest BCUT2D eigenvalue weighted by Gasteiger charge is 2.33. The van der Waals surface area contributed by atoms with Gasteiger partial charge in [0.2, 0.25) is 11.8 Å². The Balaban J connectivity index is 2.49. The molecule has 0 radical (unpaired) electrons. The molecule has 1 fully saturated rings. The Morgan fingerprint density at radius 2 is 1.79 bits per heavy atom. The summed E-state index contributed by atoms with van der Waals surface area (Å²) >= 11 is 0. The van der Waals surface area contributed by atoms with Gasteiger partial charge < -0.3 is 10.2 Å². The molecule has 0 aromatic carbocycles. The molecule has 14 heavy (non-hydrogen) atoms. The predicted molar refractivity (Wildman–Crippen MR) is 53.6 cm³/mol. The van der Waals surface area contributed by atoms with Crippen molar-refractivity contribution in [1.29, 1.82) is 0 Å². The maximum Gasteiger partial charge on any atom is 0.225 e. The second-order valence-electron chi connectivity index (χ2n) is 4.05. The van der Waals surface area contributed by atoms with Crippen LogP contribution in [0.2, 0.25) is 0 Å². The molecule has 0 spiro atoms. The van der Waals surface area contributed by atoms with Gasteiger partial charge in [0.15, 0.2) is 0 Å². The van der Waals surface area contributed by atoms with Gasteiger partial charge in [-0.3, -0.25) is 9.59 Å². The molecular formula is C10H18N2O2. The van der Waals surface area contributed by atoms with Crippen molar-refractivity contribution in [3.05, 3.63) is 0 Å². The van der Waals surface area contributed by atoms with Crippen molar-refractivity contribution in [3.8, 4) is 0 Å². The fraction of sp³-hybridized carbons (Fsp3) is 0.800. The quantitative estimate of drug-likeness (QED) is 0.691. The minimum atomic E-state index is 0.0360. The molecule has 2 amide bonds. The van der Waals surface area contributed by atoms with E-state index >= 15 is 0 Å². The lowest BCUT2D eigenvalue weighted by Crippen LogP contribution is -2.30. The Morgan fingerprint density at radius 1 is 1.21 bits per heavy atom. The Labute approximate surface area is 84.7 Å². The zero-order valence-electron chi connectivity index (χ0n) is 9.04. The third-order valence-corrected chi connectivity index (χ3v) is 2.84. The molecule has 0 aliphatic heterocycles. The van der Waals surface area contributed by atoms with Crippen LogP contribution in [0.15, 0.2) is 0 Å². The summed E-state index contributed by atoms with van der Waals surface area (Å²) in [6.07, 6.45) is 2.38. The van der Waals surface area contributed by atoms with E-state index in [9.17, 15) is 9.59 Å². The van der Waals surface area contributed by atoms with Crippen LogP contribution in [-0.4, -0.2) is 37.9 Å². The van der Waals surface area contributed by atoms with Crippen LogP contribution in [0.5, 0.6) is 0 Å². The Hall–Kier alpha value is -1.06. The van der Waals surface area contributed by atoms with Crippen molar-refractivity contribution in [1.82, 2.24) is 10.2 Å². The molecule has 2 atom stereocenters. The second-order valence-corrected chi connectivity index (χ2v) is 4.05. The molecule has 0 saturated heterocycles. The molecule has 4 heteroatoms. The van der Waals surface area contributed by atoms with Gasteiger partial charge in [0.05, 0.1) is 0 Å². The summed E-state index contributed by atoms with van der Waals surface area (Å²) in [7, 11) is 5.16. The average Bonchev–Trinajstić information content (AvgIpc) is 2.64. The predicted octanol–water partition coefficient (Wildman–Crippen LogP) is 0.237. The van der Waals surface area contributed by atoms with E-state index in [0.717, 1.165) is 12.8 Å². The number of rotatable bonds is 2. The number of carbonyl (C=O) groups excluding carboxylic acids is 2. The van der Waals surface area contributed by atoms with Gasteiger partial charge in [-0.15, -0.1) is 0 Å². The first kappa shape index (κ1) is 11.0. The van der Waals surface area contributed by atoms with Crippen molar-refractivity contribution in [2.75, 3.05) is 21.1 Å². The molecule has 0 heterocycles. The van der Waals surface area contributed by atoms with Gasteiger partial charge >= 0.3 is 0 Å². The topological polar surface area (TPSA) is 49.4 Å². The summed E-state index contributed by atoms with van der Waals surface area (Å²) < 4.78 is 0. The minimum absolute atomic E-state index is 0.0360. The van der Waals surface area contributed by atoms with E-state index in [4.69, 9.17) is 0 Å². The van der Waals surface area contributed by atoms with E-state index < -0.39 is 0 Å². The number of nitrogens with zero attached hydrogens (tertiary/aromatic N) is 1. The van der Waals surface area contributed by atoms with E-state index in [-0.39, 0.29) is 23.7 Å². The van der Waals surface area contributed by atoms with Crippen LogP contribution in [-0.2, 0) is 9.59 Å². The van der Waals surface area contributed by atoms with Gasteiger partial charge in [0, 0.05) is 33.0 Å². The Bertz CT molecular complexity index is 238. The maximum atomic E-state index is 11.6. The van der Waals surface area contributed by atoms with E-state index in [1.165, 1.54) is 0 Å². The zero-order chi connectivity index (χ0) is 10.7. The van der Waals surface area contributed by atoms with Gasteiger partial charge in [-0.2, -0.15) is 0 Å². The standard InChI is InChI=1S/C10H18N2O2/c1-11-9(13)7-4-5-8(6-7)10(14)12(2)3/h7-8H,4-6H2,1-3H3,(H,11,13)/t7-,8+/m0/s1. The highest BCUT2D eigenvalue weighted by Crippen LogP contribution is 2.31. The number of carbonyl (C=O) groups is 2. The molecule has 1 saturated carbocycles. The first-order valence-electron chi connectivity index (χ1n) is 4.99. The molecule has 0 unspecified atom stereocenters. The SMILES string of the molecule is CNC(=O)[C@H]1CC[C@@H](C(=O)N(C)C)C1. The molecule has 1 rings (SSSR count). The van der Waals surface area contributed by atoms with Crippen LogP contribution in [0.1, 0.15) is 19.3 Å². The Morgan fingerprint density at radius 3 is 2.29 bits per heavy atom. The number of amides is 2. The van der Waals surface area contributed by atoms with Crippen molar-refractivity contribution in [2.45, 2.75) is 19.3 Å². The minimum Gasteiger partial charge on any atom is -0.359 e. The zero-order valence-corrected chi connectivity index (χ0v) is 9.04. The third kappa shape index (κ3) is 2.25. The summed E-state index contributed by atoms with van der Waals surface area (Å²) in [6, 6.07) is 0. The first-order valence-corrected chi connectivity index (χ1v) is 4.99. The number of nitrogens with one attached hydrogen (secondary N) is 1. The smallest absolute Gasteiger partial charge is 0.225 e. The van der Waals surface area contributed by atoms with Crippen molar-refractivity contribution < 1.29 is 9.59 Å². The van der Waals surface area contributed by atoms with E-state index in [2.05, 4.69) is 5.32 Å². The monoisotopic (exact) mass is 198 g/mol. The molecule has 0 aromatic heterocycles.